The highest BCUT2D eigenvalue weighted by atomic mass is 32.1. The Balaban J connectivity index is 2.32. The maximum absolute atomic E-state index is 5.87. The Bertz CT molecular complexity index is 639. The molecular formula is C11H10N4S. The van der Waals surface area contributed by atoms with Crippen LogP contribution in [0.4, 0.5) is 5.69 Å². The van der Waals surface area contributed by atoms with Gasteiger partial charge in [-0.2, -0.15) is 5.10 Å². The number of H-pyrrole nitrogens is 1. The van der Waals surface area contributed by atoms with Gasteiger partial charge < -0.3 is 5.73 Å². The molecule has 5 heteroatoms. The minimum atomic E-state index is 0.701. The molecule has 3 N–H and O–H groups in total. The molecule has 16 heavy (non-hydrogen) atoms. The summed E-state index contributed by atoms with van der Waals surface area (Å²) in [7, 11) is 0. The van der Waals surface area contributed by atoms with Gasteiger partial charge in [-0.15, -0.1) is 11.3 Å². The number of anilines is 1. The number of rotatable bonds is 1. The van der Waals surface area contributed by atoms with E-state index in [1.54, 1.807) is 11.3 Å². The zero-order chi connectivity index (χ0) is 11.1. The Morgan fingerprint density at radius 3 is 3.06 bits per heavy atom. The predicted molar refractivity (Wildman–Crippen MR) is 66.4 cm³/mol. The first kappa shape index (κ1) is 9.35. The minimum Gasteiger partial charge on any atom is -0.397 e. The molecule has 0 atom stereocenters. The number of nitrogens with zero attached hydrogens (tertiary/aromatic N) is 2. The average molecular weight is 230 g/mol. The van der Waals surface area contributed by atoms with E-state index in [9.17, 15) is 0 Å². The van der Waals surface area contributed by atoms with Crippen LogP contribution >= 0.6 is 11.3 Å². The monoisotopic (exact) mass is 230 g/mol. The van der Waals surface area contributed by atoms with Gasteiger partial charge in [0.1, 0.15) is 0 Å². The number of nitrogens with two attached hydrogens (primary N) is 1. The summed E-state index contributed by atoms with van der Waals surface area (Å²) >= 11 is 1.67. The SMILES string of the molecule is Cc1nc2n[nH]c(-c3cccs3)c2cc1N. The number of aromatic amines is 1. The molecule has 3 aromatic rings. The number of nitrogen functional groups attached to an aromatic ring is 1. The second-order valence-electron chi connectivity index (χ2n) is 3.61. The van der Waals surface area contributed by atoms with E-state index < -0.39 is 0 Å². The van der Waals surface area contributed by atoms with Gasteiger partial charge in [0, 0.05) is 5.39 Å². The summed E-state index contributed by atoms with van der Waals surface area (Å²) in [5.41, 5.74) is 9.09. The van der Waals surface area contributed by atoms with E-state index >= 15 is 0 Å². The fraction of sp³-hybridized carbons (Fsp3) is 0.0909. The summed E-state index contributed by atoms with van der Waals surface area (Å²) in [6.45, 7) is 1.88. The third-order valence-corrected chi connectivity index (χ3v) is 3.43. The van der Waals surface area contributed by atoms with E-state index in [-0.39, 0.29) is 0 Å². The first-order valence-electron chi connectivity index (χ1n) is 4.91. The number of fused-ring (bicyclic) bond motifs is 1. The highest BCUT2D eigenvalue weighted by Crippen LogP contribution is 2.30. The molecule has 0 saturated carbocycles. The van der Waals surface area contributed by atoms with Crippen molar-refractivity contribution in [2.24, 2.45) is 0 Å². The van der Waals surface area contributed by atoms with E-state index in [4.69, 9.17) is 5.73 Å². The fourth-order valence-electron chi connectivity index (χ4n) is 1.66. The van der Waals surface area contributed by atoms with Crippen molar-refractivity contribution in [3.63, 3.8) is 0 Å². The maximum Gasteiger partial charge on any atom is 0.181 e. The number of pyridine rings is 1. The zero-order valence-corrected chi connectivity index (χ0v) is 9.51. The highest BCUT2D eigenvalue weighted by Gasteiger charge is 2.10. The first-order valence-corrected chi connectivity index (χ1v) is 5.79. The molecule has 80 valence electrons. The van der Waals surface area contributed by atoms with E-state index in [0.717, 1.165) is 27.3 Å². The van der Waals surface area contributed by atoms with Gasteiger partial charge >= 0.3 is 0 Å². The number of aromatic nitrogens is 3. The molecule has 0 bridgehead atoms. The van der Waals surface area contributed by atoms with Gasteiger partial charge in [0.15, 0.2) is 5.65 Å². The molecule has 0 amide bonds. The second kappa shape index (κ2) is 3.31. The molecule has 0 aromatic carbocycles. The second-order valence-corrected chi connectivity index (χ2v) is 4.56. The van der Waals surface area contributed by atoms with Crippen molar-refractivity contribution in [1.82, 2.24) is 15.2 Å². The standard InChI is InChI=1S/C11H10N4S/c1-6-8(12)5-7-10(9-3-2-4-16-9)14-15-11(7)13-6/h2-5H,12H2,1H3,(H,13,14,15). The van der Waals surface area contributed by atoms with Crippen LogP contribution in [0.2, 0.25) is 0 Å². The van der Waals surface area contributed by atoms with Gasteiger partial charge in [-0.25, -0.2) is 4.98 Å². The molecule has 0 fully saturated rings. The molecule has 0 radical (unpaired) electrons. The van der Waals surface area contributed by atoms with Crippen LogP contribution in [0.3, 0.4) is 0 Å². The van der Waals surface area contributed by atoms with Crippen LogP contribution in [-0.2, 0) is 0 Å². The third kappa shape index (κ3) is 1.29. The molecule has 4 nitrogen and oxygen atoms in total. The van der Waals surface area contributed by atoms with Crippen LogP contribution < -0.4 is 5.73 Å². The van der Waals surface area contributed by atoms with Crippen LogP contribution in [0.25, 0.3) is 21.6 Å². The Kier molecular flexibility index (Phi) is 1.94. The third-order valence-electron chi connectivity index (χ3n) is 2.54. The molecule has 0 aliphatic rings. The summed E-state index contributed by atoms with van der Waals surface area (Å²) in [6, 6.07) is 5.99. The average Bonchev–Trinajstić information content (AvgIpc) is 2.87. The summed E-state index contributed by atoms with van der Waals surface area (Å²) in [5, 5.41) is 10.2. The van der Waals surface area contributed by atoms with Gasteiger partial charge in [-0.3, -0.25) is 5.10 Å². The topological polar surface area (TPSA) is 67.6 Å². The van der Waals surface area contributed by atoms with Crippen LogP contribution in [0.1, 0.15) is 5.69 Å². The molecule has 3 heterocycles. The Hall–Kier alpha value is -1.88. The molecule has 0 unspecified atom stereocenters. The summed E-state index contributed by atoms with van der Waals surface area (Å²) in [5.74, 6) is 0. The Morgan fingerprint density at radius 1 is 1.44 bits per heavy atom. The van der Waals surface area contributed by atoms with Gasteiger partial charge in [0.25, 0.3) is 0 Å². The molecule has 0 aliphatic heterocycles. The molecular weight excluding hydrogens is 220 g/mol. The minimum absolute atomic E-state index is 0.701. The van der Waals surface area contributed by atoms with Crippen LogP contribution in [0.5, 0.6) is 0 Å². The van der Waals surface area contributed by atoms with Crippen molar-refractivity contribution >= 4 is 28.1 Å². The highest BCUT2D eigenvalue weighted by molar-refractivity contribution is 7.13. The molecule has 3 aromatic heterocycles. The van der Waals surface area contributed by atoms with Gasteiger partial charge in [0.05, 0.1) is 22.0 Å². The van der Waals surface area contributed by atoms with Crippen molar-refractivity contribution < 1.29 is 0 Å². The molecule has 0 saturated heterocycles. The lowest BCUT2D eigenvalue weighted by atomic mass is 10.2. The summed E-state index contributed by atoms with van der Waals surface area (Å²) < 4.78 is 0. The van der Waals surface area contributed by atoms with Crippen LogP contribution in [0, 0.1) is 6.92 Å². The van der Waals surface area contributed by atoms with E-state index in [1.165, 1.54) is 0 Å². The van der Waals surface area contributed by atoms with Gasteiger partial charge in [-0.05, 0) is 24.4 Å². The van der Waals surface area contributed by atoms with Crippen molar-refractivity contribution in [3.05, 3.63) is 29.3 Å². The van der Waals surface area contributed by atoms with Gasteiger partial charge in [0.2, 0.25) is 0 Å². The quantitative estimate of drug-likeness (QED) is 0.675. The summed E-state index contributed by atoms with van der Waals surface area (Å²) in [6.07, 6.45) is 0. The van der Waals surface area contributed by atoms with Crippen molar-refractivity contribution in [2.75, 3.05) is 5.73 Å². The number of hydrogen-bond acceptors (Lipinski definition) is 4. The number of nitrogens with one attached hydrogen (secondary N) is 1. The molecule has 0 aliphatic carbocycles. The van der Waals surface area contributed by atoms with Gasteiger partial charge in [-0.1, -0.05) is 6.07 Å². The number of hydrogen-bond donors (Lipinski definition) is 2. The first-order chi connectivity index (χ1) is 7.75. The number of aryl methyl sites for hydroxylation is 1. The maximum atomic E-state index is 5.87. The Morgan fingerprint density at radius 2 is 2.31 bits per heavy atom. The Labute approximate surface area is 96.1 Å². The number of thiophene rings is 1. The van der Waals surface area contributed by atoms with Crippen molar-refractivity contribution in [3.8, 4) is 10.6 Å². The molecule has 0 spiro atoms. The van der Waals surface area contributed by atoms with Crippen molar-refractivity contribution in [1.29, 1.82) is 0 Å². The van der Waals surface area contributed by atoms with E-state index in [1.807, 2.05) is 30.5 Å². The lowest BCUT2D eigenvalue weighted by molar-refractivity contribution is 1.09. The largest absolute Gasteiger partial charge is 0.397 e. The van der Waals surface area contributed by atoms with Crippen LogP contribution in [0.15, 0.2) is 23.6 Å². The molecule has 3 rings (SSSR count). The fourth-order valence-corrected chi connectivity index (χ4v) is 2.39. The lowest BCUT2D eigenvalue weighted by Gasteiger charge is -1.98. The van der Waals surface area contributed by atoms with Crippen molar-refractivity contribution in [2.45, 2.75) is 6.92 Å². The van der Waals surface area contributed by atoms with E-state index in [0.29, 0.717) is 5.69 Å². The predicted octanol–water partition coefficient (Wildman–Crippen LogP) is 2.58. The smallest absolute Gasteiger partial charge is 0.181 e. The normalized spacial score (nSPS) is 11.1. The zero-order valence-electron chi connectivity index (χ0n) is 8.69. The van der Waals surface area contributed by atoms with E-state index in [2.05, 4.69) is 15.2 Å². The summed E-state index contributed by atoms with van der Waals surface area (Å²) in [4.78, 5) is 5.49. The van der Waals surface area contributed by atoms with Crippen LogP contribution in [-0.4, -0.2) is 15.2 Å². The lowest BCUT2D eigenvalue weighted by Crippen LogP contribution is -1.92.